The molecule has 0 fully saturated rings. The van der Waals surface area contributed by atoms with Crippen molar-refractivity contribution in [1.29, 1.82) is 0 Å². The third kappa shape index (κ3) is 13.1. The van der Waals surface area contributed by atoms with Gasteiger partial charge in [0, 0.05) is 6.42 Å². The number of allylic oxidation sites excluding steroid dienone is 1. The van der Waals surface area contributed by atoms with Gasteiger partial charge < -0.3 is 9.94 Å². The zero-order chi connectivity index (χ0) is 12.8. The number of unbranched alkanes of at least 4 members (excludes halogenated alkanes) is 6. The summed E-state index contributed by atoms with van der Waals surface area (Å²) >= 11 is 0. The minimum atomic E-state index is -0.245. The number of aliphatic hydroxyl groups excluding tert-OH is 1. The van der Waals surface area contributed by atoms with E-state index in [1.54, 1.807) is 0 Å². The lowest BCUT2D eigenvalue weighted by molar-refractivity contribution is -0.151. The van der Waals surface area contributed by atoms with Crippen molar-refractivity contribution in [1.82, 2.24) is 5.48 Å². The molecule has 0 aliphatic heterocycles. The Morgan fingerprint density at radius 3 is 2.47 bits per heavy atom. The predicted octanol–water partition coefficient (Wildman–Crippen LogP) is 2.33. The number of aliphatic hydroxyl groups is 1. The first kappa shape index (κ1) is 16.1. The minimum Gasteiger partial charge on any atom is -0.395 e. The Hall–Kier alpha value is -0.870. The van der Waals surface area contributed by atoms with E-state index in [2.05, 4.69) is 16.9 Å². The summed E-state index contributed by atoms with van der Waals surface area (Å²) in [6, 6.07) is 0. The van der Waals surface area contributed by atoms with Crippen molar-refractivity contribution >= 4 is 5.97 Å². The summed E-state index contributed by atoms with van der Waals surface area (Å²) in [5.74, 6) is -0.245. The maximum absolute atomic E-state index is 11.1. The molecule has 0 unspecified atom stereocenters. The van der Waals surface area contributed by atoms with E-state index in [0.717, 1.165) is 19.3 Å². The molecule has 0 saturated carbocycles. The number of nitrogens with one attached hydrogen (secondary N) is 1. The van der Waals surface area contributed by atoms with Gasteiger partial charge in [0.25, 0.3) is 0 Å². The van der Waals surface area contributed by atoms with Gasteiger partial charge in [-0.3, -0.25) is 4.79 Å². The Balaban J connectivity index is 3.11. The van der Waals surface area contributed by atoms with Crippen LogP contribution >= 0.6 is 0 Å². The van der Waals surface area contributed by atoms with Crippen molar-refractivity contribution < 1.29 is 14.7 Å². The largest absolute Gasteiger partial charge is 0.395 e. The molecule has 0 saturated heterocycles. The lowest BCUT2D eigenvalue weighted by Gasteiger charge is -2.04. The first-order chi connectivity index (χ1) is 8.31. The van der Waals surface area contributed by atoms with Gasteiger partial charge in [-0.1, -0.05) is 31.8 Å². The third-order valence-electron chi connectivity index (χ3n) is 2.44. The molecule has 4 heteroatoms. The van der Waals surface area contributed by atoms with Gasteiger partial charge in [-0.05, 0) is 19.3 Å². The quantitative estimate of drug-likeness (QED) is 0.314. The number of rotatable bonds is 12. The summed E-state index contributed by atoms with van der Waals surface area (Å²) in [7, 11) is 0. The van der Waals surface area contributed by atoms with E-state index in [-0.39, 0.29) is 19.1 Å². The molecule has 0 radical (unpaired) electrons. The Kier molecular flexibility index (Phi) is 12.5. The van der Waals surface area contributed by atoms with E-state index in [0.29, 0.717) is 6.42 Å². The highest BCUT2D eigenvalue weighted by atomic mass is 16.7. The molecule has 0 bridgehead atoms. The summed E-state index contributed by atoms with van der Waals surface area (Å²) in [6.45, 7) is 3.94. The molecule has 0 aromatic rings. The Bertz CT molecular complexity index is 195. The average molecular weight is 243 g/mol. The van der Waals surface area contributed by atoms with Crippen LogP contribution in [0.1, 0.15) is 51.4 Å². The van der Waals surface area contributed by atoms with E-state index in [9.17, 15) is 4.79 Å². The Morgan fingerprint density at radius 2 is 1.82 bits per heavy atom. The molecule has 0 aromatic carbocycles. The van der Waals surface area contributed by atoms with Crippen LogP contribution in [0.4, 0.5) is 0 Å². The van der Waals surface area contributed by atoms with Crippen molar-refractivity contribution in [2.75, 3.05) is 13.2 Å². The van der Waals surface area contributed by atoms with E-state index >= 15 is 0 Å². The molecule has 0 aliphatic carbocycles. The van der Waals surface area contributed by atoms with Crippen LogP contribution in [0.25, 0.3) is 0 Å². The number of carbonyl (C=O) groups is 1. The second-order valence-corrected chi connectivity index (χ2v) is 4.04. The van der Waals surface area contributed by atoms with Crippen molar-refractivity contribution in [3.8, 4) is 0 Å². The third-order valence-corrected chi connectivity index (χ3v) is 2.44. The Morgan fingerprint density at radius 1 is 1.18 bits per heavy atom. The zero-order valence-corrected chi connectivity index (χ0v) is 10.6. The average Bonchev–Trinajstić information content (AvgIpc) is 2.33. The molecule has 4 nitrogen and oxygen atoms in total. The molecule has 0 rings (SSSR count). The van der Waals surface area contributed by atoms with Crippen LogP contribution < -0.4 is 5.48 Å². The molecular formula is C13H25NO3. The molecule has 0 atom stereocenters. The normalized spacial score (nSPS) is 10.2. The van der Waals surface area contributed by atoms with Crippen LogP contribution in [0.15, 0.2) is 12.7 Å². The van der Waals surface area contributed by atoms with E-state index in [4.69, 9.17) is 5.11 Å². The maximum atomic E-state index is 11.1. The second-order valence-electron chi connectivity index (χ2n) is 4.04. The second kappa shape index (κ2) is 13.2. The number of hydrogen-bond donors (Lipinski definition) is 2. The SMILES string of the molecule is C=CCCCCCCCCC(=O)ONCCO. The van der Waals surface area contributed by atoms with Crippen LogP contribution in [-0.2, 0) is 9.63 Å². The summed E-state index contributed by atoms with van der Waals surface area (Å²) in [6.07, 6.45) is 10.3. The van der Waals surface area contributed by atoms with Gasteiger partial charge in [0.05, 0.1) is 13.2 Å². The van der Waals surface area contributed by atoms with E-state index in [1.807, 2.05) is 6.08 Å². The molecule has 0 amide bonds. The molecule has 0 spiro atoms. The summed E-state index contributed by atoms with van der Waals surface area (Å²) in [5, 5.41) is 8.45. The van der Waals surface area contributed by atoms with Crippen molar-refractivity contribution in [3.63, 3.8) is 0 Å². The van der Waals surface area contributed by atoms with Gasteiger partial charge in [0.1, 0.15) is 0 Å². The topological polar surface area (TPSA) is 58.6 Å². The first-order valence-electron chi connectivity index (χ1n) is 6.45. The predicted molar refractivity (Wildman–Crippen MR) is 68.3 cm³/mol. The molecule has 17 heavy (non-hydrogen) atoms. The van der Waals surface area contributed by atoms with Gasteiger partial charge in [0.15, 0.2) is 0 Å². The molecule has 0 heterocycles. The molecule has 2 N–H and O–H groups in total. The molecular weight excluding hydrogens is 218 g/mol. The smallest absolute Gasteiger partial charge is 0.324 e. The summed E-state index contributed by atoms with van der Waals surface area (Å²) in [5.41, 5.74) is 2.40. The van der Waals surface area contributed by atoms with E-state index in [1.165, 1.54) is 25.7 Å². The van der Waals surface area contributed by atoms with Gasteiger partial charge >= 0.3 is 5.97 Å². The van der Waals surface area contributed by atoms with Crippen molar-refractivity contribution in [2.45, 2.75) is 51.4 Å². The molecule has 0 aromatic heterocycles. The summed E-state index contributed by atoms with van der Waals surface area (Å²) in [4.78, 5) is 15.8. The fraction of sp³-hybridized carbons (Fsp3) is 0.769. The lowest BCUT2D eigenvalue weighted by Crippen LogP contribution is -2.22. The molecule has 100 valence electrons. The summed E-state index contributed by atoms with van der Waals surface area (Å²) < 4.78 is 0. The van der Waals surface area contributed by atoms with Gasteiger partial charge in [-0.25, -0.2) is 0 Å². The number of hydrogen-bond acceptors (Lipinski definition) is 4. The van der Waals surface area contributed by atoms with Crippen molar-refractivity contribution in [2.24, 2.45) is 0 Å². The highest BCUT2D eigenvalue weighted by Gasteiger charge is 2.01. The first-order valence-corrected chi connectivity index (χ1v) is 6.45. The Labute approximate surface area is 104 Å². The van der Waals surface area contributed by atoms with Crippen LogP contribution in [0.5, 0.6) is 0 Å². The van der Waals surface area contributed by atoms with Gasteiger partial charge in [0.2, 0.25) is 0 Å². The monoisotopic (exact) mass is 243 g/mol. The van der Waals surface area contributed by atoms with Crippen LogP contribution in [-0.4, -0.2) is 24.2 Å². The van der Waals surface area contributed by atoms with E-state index < -0.39 is 0 Å². The van der Waals surface area contributed by atoms with Crippen LogP contribution in [0, 0.1) is 0 Å². The van der Waals surface area contributed by atoms with Gasteiger partial charge in [-0.15, -0.1) is 6.58 Å². The zero-order valence-electron chi connectivity index (χ0n) is 10.6. The number of carbonyl (C=O) groups excluding carboxylic acids is 1. The number of hydroxylamine groups is 1. The highest BCUT2D eigenvalue weighted by Crippen LogP contribution is 2.08. The standard InChI is InChI=1S/C13H25NO3/c1-2-3-4-5-6-7-8-9-10-13(16)17-14-11-12-15/h2,14-15H,1,3-12H2. The lowest BCUT2D eigenvalue weighted by atomic mass is 10.1. The molecule has 0 aliphatic rings. The minimum absolute atomic E-state index is 0.0298. The maximum Gasteiger partial charge on any atom is 0.324 e. The van der Waals surface area contributed by atoms with Crippen LogP contribution in [0.3, 0.4) is 0 Å². The fourth-order valence-corrected chi connectivity index (χ4v) is 1.49. The van der Waals surface area contributed by atoms with Gasteiger partial charge in [-0.2, -0.15) is 5.48 Å². The van der Waals surface area contributed by atoms with Crippen LogP contribution in [0.2, 0.25) is 0 Å². The highest BCUT2D eigenvalue weighted by molar-refractivity contribution is 5.68. The fourth-order valence-electron chi connectivity index (χ4n) is 1.49. The van der Waals surface area contributed by atoms with Crippen molar-refractivity contribution in [3.05, 3.63) is 12.7 Å².